The number of ether oxygens (including phenoxy) is 2. The van der Waals surface area contributed by atoms with E-state index in [0.717, 1.165) is 46.1 Å². The van der Waals surface area contributed by atoms with E-state index >= 15 is 0 Å². The largest absolute Gasteiger partial charge is 0.490 e. The number of carbonyl (C=O) groups excluding carboxylic acids is 2. The van der Waals surface area contributed by atoms with Crippen LogP contribution in [0.3, 0.4) is 0 Å². The molecule has 0 radical (unpaired) electrons. The molecule has 3 aromatic carbocycles. The molecule has 0 atom stereocenters. The van der Waals surface area contributed by atoms with Gasteiger partial charge in [0, 0.05) is 41.3 Å². The van der Waals surface area contributed by atoms with Crippen molar-refractivity contribution in [3.05, 3.63) is 93.3 Å². The van der Waals surface area contributed by atoms with Gasteiger partial charge in [0.05, 0.1) is 11.6 Å². The minimum absolute atomic E-state index is 0.0771. The molecule has 1 aliphatic heterocycles. The van der Waals surface area contributed by atoms with Crippen LogP contribution in [0.1, 0.15) is 77.3 Å². The maximum absolute atomic E-state index is 13.7. The van der Waals surface area contributed by atoms with E-state index < -0.39 is 5.92 Å². The predicted molar refractivity (Wildman–Crippen MR) is 167 cm³/mol. The van der Waals surface area contributed by atoms with Crippen molar-refractivity contribution in [2.24, 2.45) is 10.8 Å². The van der Waals surface area contributed by atoms with E-state index in [4.69, 9.17) is 21.1 Å². The van der Waals surface area contributed by atoms with Crippen molar-refractivity contribution in [1.82, 2.24) is 5.32 Å². The summed E-state index contributed by atoms with van der Waals surface area (Å²) in [5.41, 5.74) is 4.73. The lowest BCUT2D eigenvalue weighted by Crippen LogP contribution is -2.42. The van der Waals surface area contributed by atoms with Gasteiger partial charge in [0.1, 0.15) is 6.61 Å². The molecule has 42 heavy (non-hydrogen) atoms. The van der Waals surface area contributed by atoms with E-state index in [2.05, 4.69) is 51.2 Å². The van der Waals surface area contributed by atoms with Gasteiger partial charge < -0.3 is 14.8 Å². The molecule has 0 amide bonds. The summed E-state index contributed by atoms with van der Waals surface area (Å²) in [5.74, 6) is 0.629. The second-order valence-electron chi connectivity index (χ2n) is 13.4. The van der Waals surface area contributed by atoms with Gasteiger partial charge in [0.25, 0.3) is 0 Å². The average molecular weight is 584 g/mol. The molecule has 3 aliphatic rings. The fourth-order valence-electron chi connectivity index (χ4n) is 6.95. The number of benzene rings is 3. The van der Waals surface area contributed by atoms with Crippen LogP contribution in [0.5, 0.6) is 11.5 Å². The smallest absolute Gasteiger partial charge is 0.180 e. The third kappa shape index (κ3) is 5.24. The fraction of sp³-hybridized carbons (Fsp3) is 0.389. The molecule has 6 rings (SSSR count). The van der Waals surface area contributed by atoms with Gasteiger partial charge in [0.2, 0.25) is 0 Å². The first-order valence-electron chi connectivity index (χ1n) is 14.8. The number of dihydropyridines is 1. The third-order valence-corrected chi connectivity index (χ3v) is 8.92. The molecule has 0 saturated carbocycles. The lowest BCUT2D eigenvalue weighted by molar-refractivity contribution is -0.119. The van der Waals surface area contributed by atoms with Crippen molar-refractivity contribution in [3.63, 3.8) is 0 Å². The number of ketones is 2. The van der Waals surface area contributed by atoms with Crippen molar-refractivity contribution in [2.75, 3.05) is 6.61 Å². The number of Topliss-reactive ketones (excluding diaryl/α,β-unsaturated/α-hetero) is 2. The van der Waals surface area contributed by atoms with Crippen LogP contribution in [-0.2, 0) is 16.2 Å². The molecule has 2 aliphatic carbocycles. The number of allylic oxidation sites excluding steroid dienone is 4. The fourth-order valence-corrected chi connectivity index (χ4v) is 7.22. The lowest BCUT2D eigenvalue weighted by atomic mass is 9.64. The highest BCUT2D eigenvalue weighted by Gasteiger charge is 2.46. The summed E-state index contributed by atoms with van der Waals surface area (Å²) in [7, 11) is 0. The molecule has 1 N–H and O–H groups in total. The minimum atomic E-state index is -0.493. The highest BCUT2D eigenvalue weighted by Crippen LogP contribution is 2.52. The summed E-state index contributed by atoms with van der Waals surface area (Å²) >= 11 is 6.97. The highest BCUT2D eigenvalue weighted by molar-refractivity contribution is 6.32. The van der Waals surface area contributed by atoms with Gasteiger partial charge in [-0.3, -0.25) is 9.59 Å². The van der Waals surface area contributed by atoms with Crippen LogP contribution < -0.4 is 14.8 Å². The number of fused-ring (bicyclic) bond motifs is 1. The monoisotopic (exact) mass is 583 g/mol. The quantitative estimate of drug-likeness (QED) is 0.315. The number of rotatable bonds is 6. The summed E-state index contributed by atoms with van der Waals surface area (Å²) in [4.78, 5) is 27.5. The van der Waals surface area contributed by atoms with Crippen molar-refractivity contribution in [1.29, 1.82) is 0 Å². The Morgan fingerprint density at radius 1 is 0.833 bits per heavy atom. The van der Waals surface area contributed by atoms with E-state index in [9.17, 15) is 9.59 Å². The van der Waals surface area contributed by atoms with Crippen LogP contribution in [0.15, 0.2) is 77.1 Å². The second-order valence-corrected chi connectivity index (χ2v) is 13.8. The molecule has 3 aromatic rings. The zero-order chi connectivity index (χ0) is 29.8. The van der Waals surface area contributed by atoms with Gasteiger partial charge in [-0.1, -0.05) is 81.8 Å². The molecule has 0 unspecified atom stereocenters. The summed E-state index contributed by atoms with van der Waals surface area (Å²) in [6, 6.07) is 18.1. The maximum Gasteiger partial charge on any atom is 0.180 e. The molecule has 1 heterocycles. The molecule has 0 aromatic heterocycles. The topological polar surface area (TPSA) is 64.6 Å². The minimum Gasteiger partial charge on any atom is -0.490 e. The van der Waals surface area contributed by atoms with Crippen molar-refractivity contribution >= 4 is 33.9 Å². The first kappa shape index (κ1) is 28.5. The van der Waals surface area contributed by atoms with Crippen LogP contribution in [0.2, 0.25) is 5.02 Å². The summed E-state index contributed by atoms with van der Waals surface area (Å²) in [6.45, 7) is 11.1. The number of carbonyl (C=O) groups is 2. The van der Waals surface area contributed by atoms with Crippen LogP contribution >= 0.6 is 11.6 Å². The molecule has 0 fully saturated rings. The summed E-state index contributed by atoms with van der Waals surface area (Å²) < 4.78 is 12.4. The van der Waals surface area contributed by atoms with Gasteiger partial charge >= 0.3 is 0 Å². The number of hydrogen-bond donors (Lipinski definition) is 1. The standard InChI is InChI=1S/C36H38ClNO4/c1-6-41-30-15-23(14-25(37)34(30)42-20-22-12-9-11-21-10-7-8-13-24(21)22)31-32-26(16-35(2,3)18-28(32)39)38-27-17-36(4,5)19-29(40)33(27)31/h7-15,31,38H,6,16-20H2,1-5H3. The van der Waals surface area contributed by atoms with Gasteiger partial charge in [-0.2, -0.15) is 0 Å². The van der Waals surface area contributed by atoms with Crippen molar-refractivity contribution in [2.45, 2.75) is 72.8 Å². The zero-order valence-electron chi connectivity index (χ0n) is 25.0. The molecule has 5 nitrogen and oxygen atoms in total. The van der Waals surface area contributed by atoms with E-state index in [1.165, 1.54) is 0 Å². The van der Waals surface area contributed by atoms with E-state index in [1.54, 1.807) is 0 Å². The first-order valence-corrected chi connectivity index (χ1v) is 15.2. The van der Waals surface area contributed by atoms with Gasteiger partial charge in [-0.05, 0) is 64.6 Å². The van der Waals surface area contributed by atoms with E-state index in [-0.39, 0.29) is 22.4 Å². The van der Waals surface area contributed by atoms with Crippen molar-refractivity contribution < 1.29 is 19.1 Å². The Morgan fingerprint density at radius 3 is 2.10 bits per heavy atom. The summed E-state index contributed by atoms with van der Waals surface area (Å²) in [6.07, 6.45) is 2.36. The second kappa shape index (κ2) is 10.6. The lowest BCUT2D eigenvalue weighted by Gasteiger charge is -2.44. The molecule has 0 saturated heterocycles. The zero-order valence-corrected chi connectivity index (χ0v) is 25.8. The Labute approximate surface area is 252 Å². The van der Waals surface area contributed by atoms with Crippen LogP contribution in [0.25, 0.3) is 10.8 Å². The van der Waals surface area contributed by atoms with Gasteiger partial charge in [-0.25, -0.2) is 0 Å². The SMILES string of the molecule is CCOc1cc(C2C3=C(CC(C)(C)CC3=O)NC3=C2C(=O)CC(C)(C)C3)cc(Cl)c1OCc1cccc2ccccc12. The van der Waals surface area contributed by atoms with Crippen LogP contribution in [-0.4, -0.2) is 18.2 Å². The molecule has 0 bridgehead atoms. The Hall–Kier alpha value is -3.57. The molecular formula is C36H38ClNO4. The highest BCUT2D eigenvalue weighted by atomic mass is 35.5. The molecule has 6 heteroatoms. The summed E-state index contributed by atoms with van der Waals surface area (Å²) in [5, 5.41) is 6.24. The maximum atomic E-state index is 13.7. The average Bonchev–Trinajstić information content (AvgIpc) is 2.90. The predicted octanol–water partition coefficient (Wildman–Crippen LogP) is 8.44. The Kier molecular flexibility index (Phi) is 7.21. The van der Waals surface area contributed by atoms with Crippen LogP contribution in [0, 0.1) is 10.8 Å². The van der Waals surface area contributed by atoms with E-state index in [1.807, 2.05) is 43.3 Å². The Morgan fingerprint density at radius 2 is 1.45 bits per heavy atom. The van der Waals surface area contributed by atoms with Crippen LogP contribution in [0.4, 0.5) is 0 Å². The van der Waals surface area contributed by atoms with E-state index in [0.29, 0.717) is 53.7 Å². The number of halogens is 1. The normalized spacial score (nSPS) is 19.9. The van der Waals surface area contributed by atoms with Crippen molar-refractivity contribution in [3.8, 4) is 11.5 Å². The molecule has 0 spiro atoms. The molecule has 218 valence electrons. The van der Waals surface area contributed by atoms with Gasteiger partial charge in [-0.15, -0.1) is 0 Å². The first-order chi connectivity index (χ1) is 20.0. The Balaban J connectivity index is 1.44. The number of hydrogen-bond acceptors (Lipinski definition) is 5. The molecular weight excluding hydrogens is 546 g/mol. The van der Waals surface area contributed by atoms with Gasteiger partial charge in [0.15, 0.2) is 23.1 Å². The Bertz CT molecular complexity index is 1620. The number of nitrogens with one attached hydrogen (secondary N) is 1. The third-order valence-electron chi connectivity index (χ3n) is 8.64.